The van der Waals surface area contributed by atoms with Crippen molar-refractivity contribution < 1.29 is 22.4 Å². The van der Waals surface area contributed by atoms with E-state index in [4.69, 9.17) is 9.88 Å². The lowest BCUT2D eigenvalue weighted by Gasteiger charge is -2.21. The maximum Gasteiger partial charge on any atom is 0.333 e. The van der Waals surface area contributed by atoms with E-state index in [9.17, 15) is 13.5 Å². The molecule has 1 aliphatic rings. The first-order valence-electron chi connectivity index (χ1n) is 9.66. The molecule has 0 radical (unpaired) electrons. The summed E-state index contributed by atoms with van der Waals surface area (Å²) in [6.45, 7) is 1.99. The topological polar surface area (TPSA) is 146 Å². The molecule has 1 aliphatic heterocycles. The van der Waals surface area contributed by atoms with Crippen LogP contribution >= 0.6 is 0 Å². The number of benzene rings is 1. The molecule has 166 valence electrons. The number of nitrogens with zero attached hydrogens (tertiary/aromatic N) is 5. The van der Waals surface area contributed by atoms with Gasteiger partial charge in [0.15, 0.2) is 5.65 Å². The zero-order valence-electron chi connectivity index (χ0n) is 17.0. The maximum absolute atomic E-state index is 11.0. The molecule has 31 heavy (non-hydrogen) atoms. The average molecular weight is 449 g/mol. The van der Waals surface area contributed by atoms with Crippen LogP contribution in [0.15, 0.2) is 36.9 Å². The van der Waals surface area contributed by atoms with E-state index in [1.807, 2.05) is 12.1 Å². The van der Waals surface area contributed by atoms with E-state index in [1.54, 1.807) is 10.9 Å². The van der Waals surface area contributed by atoms with E-state index in [0.29, 0.717) is 17.7 Å². The van der Waals surface area contributed by atoms with Gasteiger partial charge in [-0.05, 0) is 11.1 Å². The molecule has 0 aliphatic carbocycles. The van der Waals surface area contributed by atoms with Crippen molar-refractivity contribution in [3.8, 4) is 0 Å². The van der Waals surface area contributed by atoms with Crippen molar-refractivity contribution in [3.05, 3.63) is 53.7 Å². The summed E-state index contributed by atoms with van der Waals surface area (Å²) in [5.74, 6) is 0. The molecule has 0 spiro atoms. The molecule has 0 saturated heterocycles. The van der Waals surface area contributed by atoms with Crippen LogP contribution in [-0.4, -0.2) is 63.9 Å². The average Bonchev–Trinajstić information content (AvgIpc) is 3.32. The fourth-order valence-electron chi connectivity index (χ4n) is 3.72. The van der Waals surface area contributed by atoms with Gasteiger partial charge in [-0.15, -0.1) is 0 Å². The Morgan fingerprint density at radius 1 is 1.19 bits per heavy atom. The van der Waals surface area contributed by atoms with Crippen molar-refractivity contribution in [1.29, 1.82) is 0 Å². The molecule has 12 heteroatoms. The van der Waals surface area contributed by atoms with Crippen LogP contribution in [0.4, 0.5) is 0 Å². The summed E-state index contributed by atoms with van der Waals surface area (Å²) in [5, 5.41) is 15.3. The standard InChI is InChI=1S/C19H24N6O5S/c1-29-17(10-30-31(20,27)28)16(26)9-25-12-23-18-15(21-11-22-19(18)25)8-24-6-13-4-2-3-5-14(13)7-24/h2-5,11-12,16-17,26H,6-10H2,1H3,(H2,20,27,28)/t16-,17+/m0/s1. The monoisotopic (exact) mass is 448 g/mol. The molecule has 3 aromatic rings. The van der Waals surface area contributed by atoms with Gasteiger partial charge in [-0.3, -0.25) is 9.08 Å². The quantitative estimate of drug-likeness (QED) is 0.459. The Balaban J connectivity index is 1.47. The van der Waals surface area contributed by atoms with E-state index in [-0.39, 0.29) is 6.54 Å². The first-order chi connectivity index (χ1) is 14.8. The SMILES string of the molecule is CO[C@H](COS(N)(=O)=O)[C@@H](O)Cn1cnc2c(CN3Cc4ccccc4C3)ncnc21. The van der Waals surface area contributed by atoms with Crippen LogP contribution in [0.2, 0.25) is 0 Å². The lowest BCUT2D eigenvalue weighted by Crippen LogP contribution is -2.37. The predicted molar refractivity (Wildman–Crippen MR) is 111 cm³/mol. The van der Waals surface area contributed by atoms with Crippen molar-refractivity contribution >= 4 is 21.5 Å². The Hall–Kier alpha value is -2.48. The zero-order valence-corrected chi connectivity index (χ0v) is 17.8. The van der Waals surface area contributed by atoms with Crippen LogP contribution in [0.1, 0.15) is 16.8 Å². The number of ether oxygens (including phenoxy) is 1. The van der Waals surface area contributed by atoms with Crippen molar-refractivity contribution in [2.45, 2.75) is 38.4 Å². The lowest BCUT2D eigenvalue weighted by atomic mass is 10.1. The number of aliphatic hydroxyl groups excluding tert-OH is 1. The minimum Gasteiger partial charge on any atom is -0.388 e. The van der Waals surface area contributed by atoms with Gasteiger partial charge in [0.05, 0.1) is 25.2 Å². The predicted octanol–water partition coefficient (Wildman–Crippen LogP) is -0.0619. The fourth-order valence-corrected chi connectivity index (χ4v) is 4.05. The highest BCUT2D eigenvalue weighted by molar-refractivity contribution is 7.84. The largest absolute Gasteiger partial charge is 0.388 e. The van der Waals surface area contributed by atoms with Crippen LogP contribution in [0.3, 0.4) is 0 Å². The number of fused-ring (bicyclic) bond motifs is 2. The summed E-state index contributed by atoms with van der Waals surface area (Å²) in [4.78, 5) is 15.5. The minimum absolute atomic E-state index is 0.0780. The second-order valence-electron chi connectivity index (χ2n) is 7.42. The molecule has 2 aromatic heterocycles. The smallest absolute Gasteiger partial charge is 0.333 e. The molecule has 2 atom stereocenters. The Kier molecular flexibility index (Phi) is 6.27. The summed E-state index contributed by atoms with van der Waals surface area (Å²) in [7, 11) is -2.78. The Labute approximate surface area is 179 Å². The molecule has 0 fully saturated rings. The van der Waals surface area contributed by atoms with Gasteiger partial charge in [-0.2, -0.15) is 8.42 Å². The first-order valence-corrected chi connectivity index (χ1v) is 11.1. The van der Waals surface area contributed by atoms with E-state index in [2.05, 4.69) is 36.2 Å². The highest BCUT2D eigenvalue weighted by Crippen LogP contribution is 2.25. The second kappa shape index (κ2) is 8.94. The van der Waals surface area contributed by atoms with Gasteiger partial charge in [-0.1, -0.05) is 24.3 Å². The molecule has 11 nitrogen and oxygen atoms in total. The molecule has 0 unspecified atom stereocenters. The third kappa shape index (κ3) is 5.06. The number of nitrogens with two attached hydrogens (primary N) is 1. The number of hydrogen-bond acceptors (Lipinski definition) is 9. The summed E-state index contributed by atoms with van der Waals surface area (Å²) in [6, 6.07) is 8.35. The molecule has 0 saturated carbocycles. The lowest BCUT2D eigenvalue weighted by molar-refractivity contribution is -0.0403. The third-order valence-electron chi connectivity index (χ3n) is 5.27. The van der Waals surface area contributed by atoms with Gasteiger partial charge in [0.1, 0.15) is 24.1 Å². The van der Waals surface area contributed by atoms with Gasteiger partial charge < -0.3 is 14.4 Å². The van der Waals surface area contributed by atoms with Crippen molar-refractivity contribution in [2.24, 2.45) is 5.14 Å². The molecule has 0 amide bonds. The summed E-state index contributed by atoms with van der Waals surface area (Å²) in [6.07, 6.45) is 1.07. The first kappa shape index (κ1) is 21.7. The van der Waals surface area contributed by atoms with E-state index >= 15 is 0 Å². The highest BCUT2D eigenvalue weighted by Gasteiger charge is 2.24. The molecule has 3 N–H and O–H groups in total. The Morgan fingerprint density at radius 2 is 1.90 bits per heavy atom. The van der Waals surface area contributed by atoms with Gasteiger partial charge >= 0.3 is 10.3 Å². The number of hydrogen-bond donors (Lipinski definition) is 2. The molecule has 3 heterocycles. The van der Waals surface area contributed by atoms with Gasteiger partial charge in [0, 0.05) is 26.7 Å². The van der Waals surface area contributed by atoms with Gasteiger partial charge in [0.2, 0.25) is 0 Å². The van der Waals surface area contributed by atoms with Crippen molar-refractivity contribution in [1.82, 2.24) is 24.4 Å². The van der Waals surface area contributed by atoms with Crippen LogP contribution < -0.4 is 5.14 Å². The van der Waals surface area contributed by atoms with E-state index in [0.717, 1.165) is 18.8 Å². The fraction of sp³-hybridized carbons (Fsp3) is 0.421. The Bertz CT molecular complexity index is 1140. The molecule has 4 rings (SSSR count). The van der Waals surface area contributed by atoms with Crippen LogP contribution in [0, 0.1) is 0 Å². The van der Waals surface area contributed by atoms with Crippen LogP contribution in [-0.2, 0) is 45.4 Å². The zero-order chi connectivity index (χ0) is 22.0. The summed E-state index contributed by atoms with van der Waals surface area (Å²) >= 11 is 0. The van der Waals surface area contributed by atoms with Crippen LogP contribution in [0.25, 0.3) is 11.2 Å². The summed E-state index contributed by atoms with van der Waals surface area (Å²) < 4.78 is 33.4. The molecular formula is C19H24N6O5S. The van der Waals surface area contributed by atoms with Gasteiger partial charge in [-0.25, -0.2) is 20.1 Å². The minimum atomic E-state index is -4.13. The Morgan fingerprint density at radius 3 is 2.55 bits per heavy atom. The van der Waals surface area contributed by atoms with Crippen LogP contribution in [0.5, 0.6) is 0 Å². The van der Waals surface area contributed by atoms with E-state index in [1.165, 1.54) is 24.6 Å². The van der Waals surface area contributed by atoms with E-state index < -0.39 is 29.1 Å². The third-order valence-corrected chi connectivity index (χ3v) is 5.73. The molecular weight excluding hydrogens is 424 g/mol. The highest BCUT2D eigenvalue weighted by atomic mass is 32.2. The summed E-state index contributed by atoms with van der Waals surface area (Å²) in [5.41, 5.74) is 4.65. The second-order valence-corrected chi connectivity index (χ2v) is 8.64. The number of imidazole rings is 1. The van der Waals surface area contributed by atoms with Gasteiger partial charge in [0.25, 0.3) is 0 Å². The van der Waals surface area contributed by atoms with Crippen molar-refractivity contribution in [2.75, 3.05) is 13.7 Å². The normalized spacial score (nSPS) is 16.5. The molecule has 0 bridgehead atoms. The maximum atomic E-state index is 11.0. The van der Waals surface area contributed by atoms with Crippen molar-refractivity contribution in [3.63, 3.8) is 0 Å². The number of aromatic nitrogens is 4. The molecule has 1 aromatic carbocycles. The number of methoxy groups -OCH3 is 1. The number of rotatable bonds is 9. The number of aliphatic hydroxyl groups is 1.